The molecule has 128 valence electrons. The summed E-state index contributed by atoms with van der Waals surface area (Å²) in [4.78, 5) is 25.2. The highest BCUT2D eigenvalue weighted by Crippen LogP contribution is 2.24. The van der Waals surface area contributed by atoms with Crippen LogP contribution in [0.3, 0.4) is 0 Å². The van der Waals surface area contributed by atoms with Crippen molar-refractivity contribution in [2.24, 2.45) is 0 Å². The first-order valence-electron chi connectivity index (χ1n) is 7.87. The Kier molecular flexibility index (Phi) is 5.25. The molecule has 3 aromatic rings. The Labute approximate surface area is 149 Å². The van der Waals surface area contributed by atoms with E-state index in [0.717, 1.165) is 10.6 Å². The van der Waals surface area contributed by atoms with Crippen molar-refractivity contribution < 1.29 is 9.59 Å². The Hall–Kier alpha value is -2.93. The normalized spacial score (nSPS) is 11.7. The number of H-pyrrole nitrogens is 1. The third-order valence-electron chi connectivity index (χ3n) is 3.54. The van der Waals surface area contributed by atoms with Crippen LogP contribution < -0.4 is 10.6 Å². The van der Waals surface area contributed by atoms with Crippen molar-refractivity contribution in [1.82, 2.24) is 15.5 Å². The molecule has 0 aliphatic heterocycles. The SMILES string of the molecule is CC(CC(=O)Nc1cc(-c2cccs2)[nH]n1)NC(=O)c1ccccc1. The van der Waals surface area contributed by atoms with Gasteiger partial charge in [0.1, 0.15) is 0 Å². The van der Waals surface area contributed by atoms with Crippen LogP contribution in [0.1, 0.15) is 23.7 Å². The number of rotatable bonds is 6. The topological polar surface area (TPSA) is 86.9 Å². The number of nitrogens with one attached hydrogen (secondary N) is 3. The van der Waals surface area contributed by atoms with Crippen LogP contribution in [-0.4, -0.2) is 28.1 Å². The zero-order valence-corrected chi connectivity index (χ0v) is 14.5. The number of carbonyl (C=O) groups is 2. The fraction of sp³-hybridized carbons (Fsp3) is 0.167. The molecule has 0 aliphatic carbocycles. The first-order chi connectivity index (χ1) is 12.1. The van der Waals surface area contributed by atoms with Crippen LogP contribution in [0.15, 0.2) is 53.9 Å². The summed E-state index contributed by atoms with van der Waals surface area (Å²) < 4.78 is 0. The average Bonchev–Trinajstić information content (AvgIpc) is 3.26. The molecule has 2 amide bonds. The van der Waals surface area contributed by atoms with Crippen molar-refractivity contribution in [1.29, 1.82) is 0 Å². The van der Waals surface area contributed by atoms with Crippen molar-refractivity contribution in [2.45, 2.75) is 19.4 Å². The van der Waals surface area contributed by atoms with E-state index in [1.54, 1.807) is 48.6 Å². The monoisotopic (exact) mass is 354 g/mol. The maximum absolute atomic E-state index is 12.1. The molecule has 0 saturated carbocycles. The van der Waals surface area contributed by atoms with Crippen LogP contribution in [0, 0.1) is 0 Å². The second kappa shape index (κ2) is 7.76. The van der Waals surface area contributed by atoms with Gasteiger partial charge in [0.25, 0.3) is 5.91 Å². The van der Waals surface area contributed by atoms with E-state index in [-0.39, 0.29) is 24.3 Å². The third-order valence-corrected chi connectivity index (χ3v) is 4.44. The van der Waals surface area contributed by atoms with E-state index in [0.29, 0.717) is 11.4 Å². The van der Waals surface area contributed by atoms with Gasteiger partial charge in [-0.1, -0.05) is 24.3 Å². The van der Waals surface area contributed by atoms with E-state index in [9.17, 15) is 9.59 Å². The zero-order chi connectivity index (χ0) is 17.6. The molecule has 1 aromatic carbocycles. The van der Waals surface area contributed by atoms with Gasteiger partial charge < -0.3 is 10.6 Å². The Bertz CT molecular complexity index is 843. The van der Waals surface area contributed by atoms with E-state index in [1.165, 1.54) is 0 Å². The highest BCUT2D eigenvalue weighted by Gasteiger charge is 2.14. The number of aromatic amines is 1. The standard InChI is InChI=1S/C18H18N4O2S/c1-12(19-18(24)13-6-3-2-4-7-13)10-17(23)20-16-11-14(21-22-16)15-8-5-9-25-15/h2-9,11-12H,10H2,1H3,(H,19,24)(H2,20,21,22,23). The van der Waals surface area contributed by atoms with Crippen LogP contribution in [-0.2, 0) is 4.79 Å². The van der Waals surface area contributed by atoms with E-state index >= 15 is 0 Å². The van der Waals surface area contributed by atoms with Gasteiger partial charge in [-0.3, -0.25) is 14.7 Å². The number of hydrogen-bond acceptors (Lipinski definition) is 4. The number of anilines is 1. The minimum absolute atomic E-state index is 0.166. The second-order valence-electron chi connectivity index (χ2n) is 5.64. The predicted molar refractivity (Wildman–Crippen MR) is 98.5 cm³/mol. The molecule has 2 aromatic heterocycles. The summed E-state index contributed by atoms with van der Waals surface area (Å²) in [5.41, 5.74) is 1.43. The summed E-state index contributed by atoms with van der Waals surface area (Å²) >= 11 is 1.59. The number of thiophene rings is 1. The molecular formula is C18H18N4O2S. The minimum Gasteiger partial charge on any atom is -0.349 e. The van der Waals surface area contributed by atoms with E-state index < -0.39 is 0 Å². The van der Waals surface area contributed by atoms with Gasteiger partial charge in [-0.15, -0.1) is 11.3 Å². The van der Waals surface area contributed by atoms with Crippen molar-refractivity contribution >= 4 is 29.0 Å². The molecule has 0 spiro atoms. The third kappa shape index (κ3) is 4.54. The number of nitrogens with zero attached hydrogens (tertiary/aromatic N) is 1. The number of aromatic nitrogens is 2. The molecule has 7 heteroatoms. The molecule has 2 heterocycles. The first-order valence-corrected chi connectivity index (χ1v) is 8.75. The zero-order valence-electron chi connectivity index (χ0n) is 13.7. The fourth-order valence-electron chi connectivity index (χ4n) is 2.36. The van der Waals surface area contributed by atoms with E-state index in [1.807, 2.05) is 23.6 Å². The smallest absolute Gasteiger partial charge is 0.251 e. The van der Waals surface area contributed by atoms with E-state index in [4.69, 9.17) is 0 Å². The highest BCUT2D eigenvalue weighted by atomic mass is 32.1. The van der Waals surface area contributed by atoms with Gasteiger partial charge in [-0.05, 0) is 30.5 Å². The van der Waals surface area contributed by atoms with Crippen LogP contribution in [0.4, 0.5) is 5.82 Å². The summed E-state index contributed by atoms with van der Waals surface area (Å²) in [6.45, 7) is 1.79. The van der Waals surface area contributed by atoms with Crippen LogP contribution in [0.2, 0.25) is 0 Å². The Morgan fingerprint density at radius 1 is 1.20 bits per heavy atom. The molecule has 0 fully saturated rings. The average molecular weight is 354 g/mol. The van der Waals surface area contributed by atoms with Gasteiger partial charge in [0.05, 0.1) is 10.6 Å². The first kappa shape index (κ1) is 16.9. The molecule has 0 bridgehead atoms. The molecular weight excluding hydrogens is 336 g/mol. The molecule has 1 unspecified atom stereocenters. The van der Waals surface area contributed by atoms with Crippen LogP contribution in [0.25, 0.3) is 10.6 Å². The van der Waals surface area contributed by atoms with Gasteiger partial charge in [0.15, 0.2) is 5.82 Å². The summed E-state index contributed by atoms with van der Waals surface area (Å²) in [5, 5.41) is 14.5. The lowest BCUT2D eigenvalue weighted by Crippen LogP contribution is -2.35. The molecule has 6 nitrogen and oxygen atoms in total. The lowest BCUT2D eigenvalue weighted by atomic mass is 10.1. The quantitative estimate of drug-likeness (QED) is 0.635. The molecule has 3 N–H and O–H groups in total. The minimum atomic E-state index is -0.289. The lowest BCUT2D eigenvalue weighted by Gasteiger charge is -2.13. The highest BCUT2D eigenvalue weighted by molar-refractivity contribution is 7.13. The van der Waals surface area contributed by atoms with E-state index in [2.05, 4.69) is 20.8 Å². The second-order valence-corrected chi connectivity index (χ2v) is 6.58. The lowest BCUT2D eigenvalue weighted by molar-refractivity contribution is -0.116. The predicted octanol–water partition coefficient (Wildman–Crippen LogP) is 3.29. The number of hydrogen-bond donors (Lipinski definition) is 3. The molecule has 0 aliphatic rings. The van der Waals surface area contributed by atoms with Crippen molar-refractivity contribution in [3.63, 3.8) is 0 Å². The summed E-state index contributed by atoms with van der Waals surface area (Å²) in [6, 6.07) is 14.4. The van der Waals surface area contributed by atoms with Gasteiger partial charge in [-0.25, -0.2) is 0 Å². The Balaban J connectivity index is 1.51. The van der Waals surface area contributed by atoms with Gasteiger partial charge in [0, 0.05) is 24.1 Å². The Morgan fingerprint density at radius 3 is 2.72 bits per heavy atom. The molecule has 1 atom stereocenters. The maximum Gasteiger partial charge on any atom is 0.251 e. The van der Waals surface area contributed by atoms with Gasteiger partial charge in [-0.2, -0.15) is 5.10 Å². The van der Waals surface area contributed by atoms with Crippen molar-refractivity contribution in [3.8, 4) is 10.6 Å². The summed E-state index contributed by atoms with van der Waals surface area (Å²) in [6.07, 6.45) is 0.166. The maximum atomic E-state index is 12.1. The number of carbonyl (C=O) groups excluding carboxylic acids is 2. The number of benzene rings is 1. The number of amides is 2. The largest absolute Gasteiger partial charge is 0.349 e. The molecule has 25 heavy (non-hydrogen) atoms. The fourth-order valence-corrected chi connectivity index (χ4v) is 3.06. The van der Waals surface area contributed by atoms with Gasteiger partial charge >= 0.3 is 0 Å². The van der Waals surface area contributed by atoms with Gasteiger partial charge in [0.2, 0.25) is 5.91 Å². The van der Waals surface area contributed by atoms with Crippen molar-refractivity contribution in [3.05, 3.63) is 59.5 Å². The molecule has 0 saturated heterocycles. The van der Waals surface area contributed by atoms with Crippen molar-refractivity contribution in [2.75, 3.05) is 5.32 Å². The molecule has 0 radical (unpaired) electrons. The molecule has 3 rings (SSSR count). The summed E-state index contributed by atoms with van der Waals surface area (Å²) in [5.74, 6) is 0.0701. The Morgan fingerprint density at radius 2 is 2.00 bits per heavy atom. The van der Waals surface area contributed by atoms with Crippen LogP contribution >= 0.6 is 11.3 Å². The van der Waals surface area contributed by atoms with Crippen LogP contribution in [0.5, 0.6) is 0 Å². The summed E-state index contributed by atoms with van der Waals surface area (Å²) in [7, 11) is 0.